The molecule has 2 aliphatic heterocycles. The van der Waals surface area contributed by atoms with Crippen LogP contribution in [0.4, 0.5) is 0 Å². The molecule has 0 aromatic carbocycles. The minimum Gasteiger partial charge on any atom is -0.659 e. The van der Waals surface area contributed by atoms with Crippen LogP contribution < -0.4 is 0 Å². The van der Waals surface area contributed by atoms with Crippen molar-refractivity contribution in [3.8, 4) is 0 Å². The second-order valence-electron chi connectivity index (χ2n) is 5.25. The van der Waals surface area contributed by atoms with E-state index < -0.39 is 0 Å². The first kappa shape index (κ1) is 14.8. The fourth-order valence-corrected chi connectivity index (χ4v) is 1.79. The van der Waals surface area contributed by atoms with Crippen molar-refractivity contribution >= 4 is 7.12 Å². The third-order valence-corrected chi connectivity index (χ3v) is 3.60. The Labute approximate surface area is 124 Å². The quantitative estimate of drug-likeness (QED) is 0.696. The molecular formula is C11H19BNO2Y-. The van der Waals surface area contributed by atoms with Gasteiger partial charge in [-0.25, -0.2) is 0 Å². The van der Waals surface area contributed by atoms with E-state index in [0.717, 1.165) is 19.5 Å². The summed E-state index contributed by atoms with van der Waals surface area (Å²) < 4.78 is 11.9. The van der Waals surface area contributed by atoms with Crippen molar-refractivity contribution in [2.75, 3.05) is 13.1 Å². The van der Waals surface area contributed by atoms with Crippen LogP contribution in [0.25, 0.3) is 5.32 Å². The molecule has 0 aromatic rings. The van der Waals surface area contributed by atoms with E-state index >= 15 is 0 Å². The van der Waals surface area contributed by atoms with Gasteiger partial charge in [-0.2, -0.15) is 0 Å². The van der Waals surface area contributed by atoms with E-state index in [9.17, 15) is 0 Å². The summed E-state index contributed by atoms with van der Waals surface area (Å²) >= 11 is 0. The molecule has 0 amide bonds. The van der Waals surface area contributed by atoms with E-state index in [4.69, 9.17) is 9.31 Å². The molecule has 5 heteroatoms. The maximum Gasteiger partial charge on any atom is 0.490 e. The second kappa shape index (κ2) is 5.19. The fourth-order valence-electron chi connectivity index (χ4n) is 1.79. The number of nitrogens with zero attached hydrogens (tertiary/aromatic N) is 1. The first-order valence-corrected chi connectivity index (χ1v) is 5.60. The van der Waals surface area contributed by atoms with Crippen LogP contribution >= 0.6 is 0 Å². The Balaban J connectivity index is 0.00000128. The summed E-state index contributed by atoms with van der Waals surface area (Å²) in [6, 6.07) is 0. The van der Waals surface area contributed by atoms with Gasteiger partial charge in [-0.3, -0.25) is 0 Å². The van der Waals surface area contributed by atoms with Gasteiger partial charge >= 0.3 is 7.12 Å². The zero-order valence-electron chi connectivity index (χ0n) is 10.6. The monoisotopic (exact) mass is 297 g/mol. The topological polar surface area (TPSA) is 32.6 Å². The van der Waals surface area contributed by atoms with E-state index in [-0.39, 0.29) is 51.0 Å². The first-order chi connectivity index (χ1) is 6.92. The molecule has 1 radical (unpaired) electrons. The van der Waals surface area contributed by atoms with Crippen molar-refractivity contribution in [3.63, 3.8) is 0 Å². The van der Waals surface area contributed by atoms with Gasteiger partial charge in [-0.15, -0.1) is 19.2 Å². The van der Waals surface area contributed by atoms with E-state index in [0.29, 0.717) is 0 Å². The van der Waals surface area contributed by atoms with Gasteiger partial charge in [0.05, 0.1) is 11.2 Å². The van der Waals surface area contributed by atoms with Gasteiger partial charge in [0.25, 0.3) is 0 Å². The van der Waals surface area contributed by atoms with Gasteiger partial charge in [0, 0.05) is 32.7 Å². The Morgan fingerprint density at radius 3 is 2.19 bits per heavy atom. The molecule has 0 spiro atoms. The molecule has 2 rings (SSSR count). The molecule has 0 aromatic heterocycles. The zero-order valence-corrected chi connectivity index (χ0v) is 13.5. The largest absolute Gasteiger partial charge is 0.659 e. The Hall–Kier alpha value is 0.789. The molecule has 3 nitrogen and oxygen atoms in total. The Morgan fingerprint density at radius 2 is 1.75 bits per heavy atom. The third-order valence-electron chi connectivity index (χ3n) is 3.60. The van der Waals surface area contributed by atoms with E-state index in [1.54, 1.807) is 0 Å². The SMILES string of the molecule is CC1(C)OB(C2=CC[N-]CC2)OC1(C)C.[Y]. The molecular weight excluding hydrogens is 278 g/mol. The van der Waals surface area contributed by atoms with Crippen molar-refractivity contribution in [3.05, 3.63) is 16.9 Å². The summed E-state index contributed by atoms with van der Waals surface area (Å²) in [5.74, 6) is 0. The van der Waals surface area contributed by atoms with Crippen molar-refractivity contribution < 1.29 is 42.0 Å². The summed E-state index contributed by atoms with van der Waals surface area (Å²) in [5, 5.41) is 4.28. The summed E-state index contributed by atoms with van der Waals surface area (Å²) in [5.41, 5.74) is 0.795. The fraction of sp³-hybridized carbons (Fsp3) is 0.818. The van der Waals surface area contributed by atoms with Crippen LogP contribution in [0, 0.1) is 0 Å². The van der Waals surface area contributed by atoms with E-state index in [1.165, 1.54) is 5.47 Å². The van der Waals surface area contributed by atoms with Crippen LogP contribution in [0.2, 0.25) is 0 Å². The molecule has 87 valence electrons. The van der Waals surface area contributed by atoms with Crippen LogP contribution in [-0.4, -0.2) is 31.4 Å². The molecule has 0 N–H and O–H groups in total. The van der Waals surface area contributed by atoms with Gasteiger partial charge in [-0.1, -0.05) is 6.42 Å². The molecule has 16 heavy (non-hydrogen) atoms. The molecule has 2 aliphatic rings. The molecule has 0 aliphatic carbocycles. The average molecular weight is 297 g/mol. The third kappa shape index (κ3) is 2.78. The van der Waals surface area contributed by atoms with E-state index in [2.05, 4.69) is 39.1 Å². The van der Waals surface area contributed by atoms with Gasteiger partial charge < -0.3 is 14.6 Å². The van der Waals surface area contributed by atoms with Crippen molar-refractivity contribution in [1.29, 1.82) is 0 Å². The Morgan fingerprint density at radius 1 is 1.19 bits per heavy atom. The Kier molecular flexibility index (Phi) is 4.82. The zero-order chi connectivity index (χ0) is 11.1. The summed E-state index contributed by atoms with van der Waals surface area (Å²) in [4.78, 5) is 0. The number of hydrogen-bond acceptors (Lipinski definition) is 2. The van der Waals surface area contributed by atoms with Crippen molar-refractivity contribution in [2.24, 2.45) is 0 Å². The van der Waals surface area contributed by atoms with Crippen molar-refractivity contribution in [1.82, 2.24) is 0 Å². The van der Waals surface area contributed by atoms with Gasteiger partial charge in [-0.05, 0) is 33.2 Å². The molecule has 0 atom stereocenters. The maximum atomic E-state index is 5.97. The van der Waals surface area contributed by atoms with Crippen LogP contribution in [0.3, 0.4) is 0 Å². The minimum atomic E-state index is -0.229. The van der Waals surface area contributed by atoms with Gasteiger partial charge in [0.15, 0.2) is 0 Å². The van der Waals surface area contributed by atoms with Crippen LogP contribution in [0.5, 0.6) is 0 Å². The molecule has 0 saturated carbocycles. The normalized spacial score (nSPS) is 27.2. The second-order valence-corrected chi connectivity index (χ2v) is 5.25. The Bertz CT molecular complexity index is 276. The molecule has 0 bridgehead atoms. The minimum absolute atomic E-state index is 0. The van der Waals surface area contributed by atoms with E-state index in [1.807, 2.05) is 0 Å². The van der Waals surface area contributed by atoms with Crippen LogP contribution in [0.15, 0.2) is 11.5 Å². The number of rotatable bonds is 1. The predicted octanol–water partition coefficient (Wildman–Crippen LogP) is 2.32. The molecule has 0 unspecified atom stereocenters. The van der Waals surface area contributed by atoms with Crippen molar-refractivity contribution in [2.45, 2.75) is 45.3 Å². The summed E-state index contributed by atoms with van der Waals surface area (Å²) in [6.45, 7) is 10.0. The van der Waals surface area contributed by atoms with Crippen LogP contribution in [0.1, 0.15) is 34.1 Å². The smallest absolute Gasteiger partial charge is 0.490 e. The standard InChI is InChI=1S/C11H19BNO2.Y/c1-10(2)11(3,4)15-12(14-10)9-5-7-13-8-6-9;/h5H,6-8H2,1-4H3;/q-1;. The average Bonchev–Trinajstić information content (AvgIpc) is 2.38. The van der Waals surface area contributed by atoms with Gasteiger partial charge in [0.2, 0.25) is 0 Å². The molecule has 1 fully saturated rings. The predicted molar refractivity (Wildman–Crippen MR) is 61.9 cm³/mol. The molecule has 2 heterocycles. The molecule has 1 saturated heterocycles. The first-order valence-electron chi connectivity index (χ1n) is 5.60. The van der Waals surface area contributed by atoms with Gasteiger partial charge in [0.1, 0.15) is 0 Å². The van der Waals surface area contributed by atoms with Crippen LogP contribution in [-0.2, 0) is 42.0 Å². The maximum absolute atomic E-state index is 5.97. The summed E-state index contributed by atoms with van der Waals surface area (Å²) in [7, 11) is -0.162. The summed E-state index contributed by atoms with van der Waals surface area (Å²) in [6.07, 6.45) is 3.10. The number of hydrogen-bond donors (Lipinski definition) is 0.